The smallest absolute Gasteiger partial charge is 0.267 e. The molecule has 0 saturated heterocycles. The van der Waals surface area contributed by atoms with Gasteiger partial charge in [0, 0.05) is 16.8 Å². The van der Waals surface area contributed by atoms with Gasteiger partial charge < -0.3 is 0 Å². The van der Waals surface area contributed by atoms with E-state index in [1.165, 1.54) is 35.6 Å². The first-order chi connectivity index (χ1) is 11.6. The molecular formula is C17H9N3O3S. The molecule has 0 fully saturated rings. The quantitative estimate of drug-likeness (QED) is 0.413. The van der Waals surface area contributed by atoms with Crippen LogP contribution in [0.1, 0.15) is 10.6 Å². The number of nitro benzene ring substituents is 1. The minimum absolute atomic E-state index is 0.0688. The summed E-state index contributed by atoms with van der Waals surface area (Å²) < 4.78 is 0.729. The van der Waals surface area contributed by atoms with Gasteiger partial charge in [-0.25, -0.2) is 0 Å². The molecule has 0 atom stereocenters. The van der Waals surface area contributed by atoms with Crippen molar-refractivity contribution in [2.24, 2.45) is 0 Å². The molecule has 3 aromatic rings. The SMILES string of the molecule is N#C/C(=C\c1cccc([N+](=O)[O-])c1)c1nc(=O)c2ccccc2s1. The van der Waals surface area contributed by atoms with Crippen LogP contribution >= 0.6 is 11.3 Å². The third kappa shape index (κ3) is 3.04. The Morgan fingerprint density at radius 2 is 2.04 bits per heavy atom. The lowest BCUT2D eigenvalue weighted by Gasteiger charge is -2.01. The number of nitro groups is 1. The molecule has 24 heavy (non-hydrogen) atoms. The Morgan fingerprint density at radius 3 is 2.79 bits per heavy atom. The summed E-state index contributed by atoms with van der Waals surface area (Å²) in [5.74, 6) is 0. The van der Waals surface area contributed by atoms with Crippen molar-refractivity contribution in [2.45, 2.75) is 0 Å². The molecular weight excluding hydrogens is 326 g/mol. The van der Waals surface area contributed by atoms with E-state index in [1.54, 1.807) is 30.3 Å². The van der Waals surface area contributed by atoms with Crippen LogP contribution < -0.4 is 5.56 Å². The molecule has 0 radical (unpaired) electrons. The highest BCUT2D eigenvalue weighted by molar-refractivity contribution is 7.19. The molecule has 1 heterocycles. The van der Waals surface area contributed by atoms with E-state index in [4.69, 9.17) is 0 Å². The minimum atomic E-state index is -0.504. The van der Waals surface area contributed by atoms with Gasteiger partial charge in [-0.05, 0) is 23.8 Å². The zero-order valence-electron chi connectivity index (χ0n) is 12.2. The van der Waals surface area contributed by atoms with Crippen LogP contribution in [0.3, 0.4) is 0 Å². The average molecular weight is 335 g/mol. The first kappa shape index (κ1) is 15.5. The molecule has 0 aliphatic carbocycles. The van der Waals surface area contributed by atoms with Crippen LogP contribution in [0.25, 0.3) is 21.7 Å². The number of nitrogens with zero attached hydrogens (tertiary/aromatic N) is 3. The highest BCUT2D eigenvalue weighted by Gasteiger charge is 2.10. The van der Waals surface area contributed by atoms with E-state index in [-0.39, 0.29) is 16.3 Å². The maximum absolute atomic E-state index is 12.1. The van der Waals surface area contributed by atoms with E-state index in [0.29, 0.717) is 10.9 Å². The van der Waals surface area contributed by atoms with Crippen LogP contribution in [0.2, 0.25) is 0 Å². The summed E-state index contributed by atoms with van der Waals surface area (Å²) in [6, 6.07) is 14.9. The lowest BCUT2D eigenvalue weighted by Crippen LogP contribution is -2.07. The van der Waals surface area contributed by atoms with E-state index < -0.39 is 10.5 Å². The Morgan fingerprint density at radius 1 is 1.25 bits per heavy atom. The highest BCUT2D eigenvalue weighted by Crippen LogP contribution is 2.25. The maximum Gasteiger partial charge on any atom is 0.279 e. The standard InChI is InChI=1S/C17H9N3O3S/c18-10-12(8-11-4-3-5-13(9-11)20(22)23)17-19-16(21)14-6-1-2-7-15(14)24-17/h1-9H/b12-8+. The van der Waals surface area contributed by atoms with Crippen molar-refractivity contribution >= 4 is 38.8 Å². The Bertz CT molecular complexity index is 1080. The van der Waals surface area contributed by atoms with Gasteiger partial charge >= 0.3 is 0 Å². The molecule has 7 heteroatoms. The summed E-state index contributed by atoms with van der Waals surface area (Å²) in [5.41, 5.74) is 0.207. The summed E-state index contributed by atoms with van der Waals surface area (Å²) in [7, 11) is 0. The van der Waals surface area contributed by atoms with Crippen LogP contribution in [-0.4, -0.2) is 9.91 Å². The maximum atomic E-state index is 12.1. The molecule has 0 aliphatic rings. The van der Waals surface area contributed by atoms with E-state index >= 15 is 0 Å². The van der Waals surface area contributed by atoms with Crippen LogP contribution in [0.15, 0.2) is 53.3 Å². The molecule has 3 rings (SSSR count). The Labute approximate surface area is 140 Å². The number of allylic oxidation sites excluding steroid dienone is 1. The van der Waals surface area contributed by atoms with E-state index in [1.807, 2.05) is 6.07 Å². The van der Waals surface area contributed by atoms with E-state index in [0.717, 1.165) is 4.70 Å². The van der Waals surface area contributed by atoms with Gasteiger partial charge in [0.15, 0.2) is 0 Å². The molecule has 6 nitrogen and oxygen atoms in total. The third-order valence-corrected chi connectivity index (χ3v) is 4.35. The molecule has 0 amide bonds. The van der Waals surface area contributed by atoms with Gasteiger partial charge in [-0.15, -0.1) is 11.3 Å². The van der Waals surface area contributed by atoms with Gasteiger partial charge in [-0.2, -0.15) is 10.2 Å². The van der Waals surface area contributed by atoms with Crippen molar-refractivity contribution in [3.05, 3.63) is 79.6 Å². The minimum Gasteiger partial charge on any atom is -0.267 e. The van der Waals surface area contributed by atoms with Gasteiger partial charge in [-0.3, -0.25) is 14.9 Å². The summed E-state index contributed by atoms with van der Waals surface area (Å²) >= 11 is 1.23. The molecule has 1 aromatic heterocycles. The van der Waals surface area contributed by atoms with Crippen LogP contribution in [0.5, 0.6) is 0 Å². The first-order valence-corrected chi connectivity index (χ1v) is 7.66. The van der Waals surface area contributed by atoms with Crippen molar-refractivity contribution in [1.29, 1.82) is 5.26 Å². The molecule has 0 saturated carbocycles. The molecule has 0 aliphatic heterocycles. The second-order valence-electron chi connectivity index (χ2n) is 4.84. The number of aromatic nitrogens is 1. The van der Waals surface area contributed by atoms with Gasteiger partial charge in [-0.1, -0.05) is 24.3 Å². The van der Waals surface area contributed by atoms with E-state index in [2.05, 4.69) is 4.98 Å². The van der Waals surface area contributed by atoms with Gasteiger partial charge in [0.05, 0.1) is 15.9 Å². The van der Waals surface area contributed by atoms with Crippen molar-refractivity contribution in [3.63, 3.8) is 0 Å². The average Bonchev–Trinajstić information content (AvgIpc) is 2.60. The predicted molar refractivity (Wildman–Crippen MR) is 92.5 cm³/mol. The summed E-state index contributed by atoms with van der Waals surface area (Å²) in [4.78, 5) is 26.4. The Kier molecular flexibility index (Phi) is 4.14. The fourth-order valence-corrected chi connectivity index (χ4v) is 3.13. The number of benzene rings is 2. The fourth-order valence-electron chi connectivity index (χ4n) is 2.16. The van der Waals surface area contributed by atoms with Gasteiger partial charge in [0.25, 0.3) is 11.2 Å². The molecule has 0 unspecified atom stereocenters. The van der Waals surface area contributed by atoms with Crippen molar-refractivity contribution < 1.29 is 4.92 Å². The zero-order chi connectivity index (χ0) is 17.1. The third-order valence-electron chi connectivity index (χ3n) is 3.27. The van der Waals surface area contributed by atoms with Crippen molar-refractivity contribution in [1.82, 2.24) is 4.98 Å². The number of non-ortho nitro benzene ring substituents is 1. The fraction of sp³-hybridized carbons (Fsp3) is 0. The molecule has 0 spiro atoms. The van der Waals surface area contributed by atoms with Crippen LogP contribution in [0, 0.1) is 21.4 Å². The first-order valence-electron chi connectivity index (χ1n) is 6.85. The monoisotopic (exact) mass is 335 g/mol. The van der Waals surface area contributed by atoms with Gasteiger partial charge in [0.2, 0.25) is 0 Å². The number of hydrogen-bond donors (Lipinski definition) is 0. The van der Waals surface area contributed by atoms with E-state index in [9.17, 15) is 20.2 Å². The normalized spacial score (nSPS) is 11.2. The van der Waals surface area contributed by atoms with Crippen molar-refractivity contribution in [3.8, 4) is 6.07 Å². The molecule has 116 valence electrons. The second-order valence-corrected chi connectivity index (χ2v) is 5.87. The zero-order valence-corrected chi connectivity index (χ0v) is 13.0. The molecule has 0 bridgehead atoms. The summed E-state index contributed by atoms with van der Waals surface area (Å²) in [5, 5.41) is 21.0. The topological polar surface area (TPSA) is 96.9 Å². The number of rotatable bonds is 3. The summed E-state index contributed by atoms with van der Waals surface area (Å²) in [6.45, 7) is 0. The van der Waals surface area contributed by atoms with Crippen LogP contribution in [0.4, 0.5) is 5.69 Å². The number of hydrogen-bond acceptors (Lipinski definition) is 6. The predicted octanol–water partition coefficient (Wildman–Crippen LogP) is 3.63. The lowest BCUT2D eigenvalue weighted by atomic mass is 10.1. The van der Waals surface area contributed by atoms with Gasteiger partial charge in [0.1, 0.15) is 11.1 Å². The Hall–Kier alpha value is -3.37. The molecule has 0 N–H and O–H groups in total. The Balaban J connectivity index is 2.13. The van der Waals surface area contributed by atoms with Crippen LogP contribution in [-0.2, 0) is 0 Å². The number of nitriles is 1. The largest absolute Gasteiger partial charge is 0.279 e. The second kappa shape index (κ2) is 6.40. The highest BCUT2D eigenvalue weighted by atomic mass is 32.1. The van der Waals surface area contributed by atoms with Crippen molar-refractivity contribution in [2.75, 3.05) is 0 Å². The summed E-state index contributed by atoms with van der Waals surface area (Å²) in [6.07, 6.45) is 1.49. The number of fused-ring (bicyclic) bond motifs is 1. The molecule has 2 aromatic carbocycles. The lowest BCUT2D eigenvalue weighted by molar-refractivity contribution is -0.384.